The van der Waals surface area contributed by atoms with Crippen molar-refractivity contribution in [3.8, 4) is 5.75 Å². The summed E-state index contributed by atoms with van der Waals surface area (Å²) in [6, 6.07) is 16.1. The van der Waals surface area contributed by atoms with Crippen molar-refractivity contribution >= 4 is 11.6 Å². The van der Waals surface area contributed by atoms with Gasteiger partial charge in [0.2, 0.25) is 0 Å². The highest BCUT2D eigenvalue weighted by molar-refractivity contribution is 6.17. The lowest BCUT2D eigenvalue weighted by atomic mass is 10.1. The number of rotatable bonds is 4. The molecule has 1 nitrogen and oxygen atoms in total. The van der Waals surface area contributed by atoms with Crippen LogP contribution in [0, 0.1) is 6.92 Å². The molecule has 0 bridgehead atoms. The summed E-state index contributed by atoms with van der Waals surface area (Å²) in [5, 5.41) is 0. The molecule has 2 rings (SSSR count). The summed E-state index contributed by atoms with van der Waals surface area (Å²) in [5.41, 5.74) is 3.42. The van der Waals surface area contributed by atoms with E-state index in [0.717, 1.165) is 16.9 Å². The summed E-state index contributed by atoms with van der Waals surface area (Å²) in [6.45, 7) is 2.63. The van der Waals surface area contributed by atoms with Crippen LogP contribution in [0.5, 0.6) is 5.75 Å². The van der Waals surface area contributed by atoms with Crippen LogP contribution in [0.15, 0.2) is 48.5 Å². The second-order valence-corrected chi connectivity index (χ2v) is 4.22. The van der Waals surface area contributed by atoms with Gasteiger partial charge in [-0.15, -0.1) is 11.6 Å². The second-order valence-electron chi connectivity index (χ2n) is 3.95. The fraction of sp³-hybridized carbons (Fsp3) is 0.200. The van der Waals surface area contributed by atoms with Gasteiger partial charge in [0.05, 0.1) is 0 Å². The molecule has 17 heavy (non-hydrogen) atoms. The van der Waals surface area contributed by atoms with E-state index in [4.69, 9.17) is 16.3 Å². The summed E-state index contributed by atoms with van der Waals surface area (Å²) >= 11 is 5.87. The summed E-state index contributed by atoms with van der Waals surface area (Å²) in [7, 11) is 0. The number of alkyl halides is 1. The molecule has 0 N–H and O–H groups in total. The molecule has 0 spiro atoms. The van der Waals surface area contributed by atoms with Crippen molar-refractivity contribution in [3.05, 3.63) is 65.2 Å². The van der Waals surface area contributed by atoms with E-state index in [0.29, 0.717) is 12.5 Å². The van der Waals surface area contributed by atoms with E-state index in [1.807, 2.05) is 43.3 Å². The van der Waals surface area contributed by atoms with Gasteiger partial charge in [0.15, 0.2) is 0 Å². The molecule has 0 fully saturated rings. The Morgan fingerprint density at radius 1 is 1.00 bits per heavy atom. The van der Waals surface area contributed by atoms with Crippen LogP contribution in [0.2, 0.25) is 0 Å². The Morgan fingerprint density at radius 3 is 2.47 bits per heavy atom. The number of benzene rings is 2. The van der Waals surface area contributed by atoms with Crippen molar-refractivity contribution in [2.75, 3.05) is 0 Å². The molecule has 0 saturated heterocycles. The van der Waals surface area contributed by atoms with Gasteiger partial charge in [0.1, 0.15) is 12.4 Å². The first-order valence-corrected chi connectivity index (χ1v) is 6.16. The maximum atomic E-state index is 5.87. The molecular weight excluding hydrogens is 232 g/mol. The zero-order chi connectivity index (χ0) is 12.1. The quantitative estimate of drug-likeness (QED) is 0.731. The molecule has 0 amide bonds. The fourth-order valence-corrected chi connectivity index (χ4v) is 1.99. The minimum absolute atomic E-state index is 0.522. The third-order valence-electron chi connectivity index (χ3n) is 2.78. The highest BCUT2D eigenvalue weighted by atomic mass is 35.5. The molecule has 0 saturated carbocycles. The Morgan fingerprint density at radius 2 is 1.76 bits per heavy atom. The molecule has 88 valence electrons. The summed E-state index contributed by atoms with van der Waals surface area (Å²) in [6.07, 6.45) is 0. The van der Waals surface area contributed by atoms with Gasteiger partial charge in [0, 0.05) is 5.88 Å². The van der Waals surface area contributed by atoms with Crippen LogP contribution < -0.4 is 4.74 Å². The van der Waals surface area contributed by atoms with Gasteiger partial charge < -0.3 is 4.74 Å². The Bertz CT molecular complexity index is 480. The molecule has 0 aliphatic heterocycles. The van der Waals surface area contributed by atoms with Gasteiger partial charge in [-0.25, -0.2) is 0 Å². The Hall–Kier alpha value is -1.47. The Labute approximate surface area is 107 Å². The summed E-state index contributed by atoms with van der Waals surface area (Å²) < 4.78 is 5.81. The van der Waals surface area contributed by atoms with Crippen LogP contribution in [-0.4, -0.2) is 0 Å². The Balaban J connectivity index is 2.09. The van der Waals surface area contributed by atoms with Crippen molar-refractivity contribution in [3.63, 3.8) is 0 Å². The molecule has 0 aliphatic rings. The third-order valence-corrected chi connectivity index (χ3v) is 3.07. The number of halogens is 1. The first kappa shape index (κ1) is 12.0. The molecule has 2 aromatic rings. The topological polar surface area (TPSA) is 9.23 Å². The predicted octanol–water partition coefficient (Wildman–Crippen LogP) is 4.31. The predicted molar refractivity (Wildman–Crippen MR) is 71.5 cm³/mol. The van der Waals surface area contributed by atoms with Crippen molar-refractivity contribution in [2.24, 2.45) is 0 Å². The first-order chi connectivity index (χ1) is 8.31. The molecular formula is C15H15ClO. The van der Waals surface area contributed by atoms with Crippen molar-refractivity contribution < 1.29 is 4.74 Å². The van der Waals surface area contributed by atoms with Crippen LogP contribution >= 0.6 is 11.6 Å². The lowest BCUT2D eigenvalue weighted by Gasteiger charge is -2.11. The maximum Gasteiger partial charge on any atom is 0.123 e. The van der Waals surface area contributed by atoms with Gasteiger partial charge >= 0.3 is 0 Å². The van der Waals surface area contributed by atoms with E-state index < -0.39 is 0 Å². The highest BCUT2D eigenvalue weighted by Crippen LogP contribution is 2.23. The standard InChI is InChI=1S/C15H15ClO/c1-12-14(10-16)8-5-9-15(12)17-11-13-6-3-2-4-7-13/h2-9H,10-11H2,1H3. The average Bonchev–Trinajstić information content (AvgIpc) is 2.39. The fourth-order valence-electron chi connectivity index (χ4n) is 1.70. The van der Waals surface area contributed by atoms with Gasteiger partial charge in [-0.3, -0.25) is 0 Å². The van der Waals surface area contributed by atoms with E-state index in [1.54, 1.807) is 0 Å². The van der Waals surface area contributed by atoms with E-state index in [2.05, 4.69) is 12.1 Å². The van der Waals surface area contributed by atoms with E-state index in [9.17, 15) is 0 Å². The van der Waals surface area contributed by atoms with Crippen LogP contribution in [0.1, 0.15) is 16.7 Å². The molecule has 2 heteroatoms. The second kappa shape index (κ2) is 5.74. The third kappa shape index (κ3) is 3.01. The first-order valence-electron chi connectivity index (χ1n) is 5.62. The van der Waals surface area contributed by atoms with E-state index in [1.165, 1.54) is 5.56 Å². The van der Waals surface area contributed by atoms with Crippen LogP contribution in [0.4, 0.5) is 0 Å². The van der Waals surface area contributed by atoms with Gasteiger partial charge in [-0.1, -0.05) is 42.5 Å². The van der Waals surface area contributed by atoms with Crippen molar-refractivity contribution in [2.45, 2.75) is 19.4 Å². The lowest BCUT2D eigenvalue weighted by molar-refractivity contribution is 0.304. The lowest BCUT2D eigenvalue weighted by Crippen LogP contribution is -1.98. The van der Waals surface area contributed by atoms with E-state index in [-0.39, 0.29) is 0 Å². The molecule has 0 atom stereocenters. The zero-order valence-corrected chi connectivity index (χ0v) is 10.6. The van der Waals surface area contributed by atoms with E-state index >= 15 is 0 Å². The van der Waals surface area contributed by atoms with Crippen LogP contribution in [0.3, 0.4) is 0 Å². The number of hydrogen-bond acceptors (Lipinski definition) is 1. The molecule has 0 aliphatic carbocycles. The SMILES string of the molecule is Cc1c(CCl)cccc1OCc1ccccc1. The highest BCUT2D eigenvalue weighted by Gasteiger charge is 2.04. The molecule has 0 unspecified atom stereocenters. The van der Waals surface area contributed by atoms with Crippen molar-refractivity contribution in [1.29, 1.82) is 0 Å². The average molecular weight is 247 g/mol. The molecule has 2 aromatic carbocycles. The summed E-state index contributed by atoms with van der Waals surface area (Å²) in [5.74, 6) is 1.43. The number of hydrogen-bond donors (Lipinski definition) is 0. The van der Waals surface area contributed by atoms with Gasteiger partial charge in [-0.2, -0.15) is 0 Å². The largest absolute Gasteiger partial charge is 0.489 e. The van der Waals surface area contributed by atoms with Gasteiger partial charge in [-0.05, 0) is 29.7 Å². The summed E-state index contributed by atoms with van der Waals surface area (Å²) in [4.78, 5) is 0. The molecule has 0 radical (unpaired) electrons. The van der Waals surface area contributed by atoms with Crippen LogP contribution in [0.25, 0.3) is 0 Å². The number of ether oxygens (including phenoxy) is 1. The normalized spacial score (nSPS) is 10.2. The molecule has 0 aromatic heterocycles. The minimum Gasteiger partial charge on any atom is -0.489 e. The van der Waals surface area contributed by atoms with Gasteiger partial charge in [0.25, 0.3) is 0 Å². The Kier molecular flexibility index (Phi) is 4.05. The van der Waals surface area contributed by atoms with Crippen LogP contribution in [-0.2, 0) is 12.5 Å². The maximum absolute atomic E-state index is 5.87. The molecule has 0 heterocycles. The van der Waals surface area contributed by atoms with Crippen molar-refractivity contribution in [1.82, 2.24) is 0 Å². The smallest absolute Gasteiger partial charge is 0.123 e. The monoisotopic (exact) mass is 246 g/mol. The zero-order valence-electron chi connectivity index (χ0n) is 9.82. The minimum atomic E-state index is 0.522.